The number of piperazine rings is 1. The highest BCUT2D eigenvalue weighted by Gasteiger charge is 2.29. The first-order valence-electron chi connectivity index (χ1n) is 14.6. The van der Waals surface area contributed by atoms with Gasteiger partial charge in [-0.15, -0.1) is 11.3 Å². The lowest BCUT2D eigenvalue weighted by atomic mass is 10.1. The van der Waals surface area contributed by atoms with Crippen molar-refractivity contribution in [1.29, 1.82) is 0 Å². The number of likely N-dealkylation sites (tertiary alicyclic amines) is 1. The van der Waals surface area contributed by atoms with Crippen LogP contribution in [-0.4, -0.2) is 98.6 Å². The number of carbonyl (C=O) groups excluding carboxylic acids is 2. The minimum atomic E-state index is -0.209. The molecule has 2 saturated heterocycles. The van der Waals surface area contributed by atoms with Gasteiger partial charge in [-0.05, 0) is 48.9 Å². The SMILES string of the molecule is O=C(NC1CCN(CC(=O)N2CCN(c3ccc(-c4ncccn4)cc3)CC2)C1)c1cc2c(-c3cc[nH]c(=O)c3)n[nH]c2s1. The molecule has 1 unspecified atom stereocenters. The number of nitrogens with one attached hydrogen (secondary N) is 3. The van der Waals surface area contributed by atoms with E-state index in [4.69, 9.17) is 0 Å². The normalized spacial score (nSPS) is 17.3. The second kappa shape index (κ2) is 12.0. The van der Waals surface area contributed by atoms with Gasteiger partial charge >= 0.3 is 0 Å². The van der Waals surface area contributed by atoms with Gasteiger partial charge in [0.1, 0.15) is 10.5 Å². The lowest BCUT2D eigenvalue weighted by Crippen LogP contribution is -2.51. The topological polar surface area (TPSA) is 143 Å². The van der Waals surface area contributed by atoms with E-state index in [0.717, 1.165) is 47.5 Å². The highest BCUT2D eigenvalue weighted by atomic mass is 32.1. The first-order valence-corrected chi connectivity index (χ1v) is 15.4. The van der Waals surface area contributed by atoms with Gasteiger partial charge in [0.25, 0.3) is 5.91 Å². The molecule has 4 aromatic heterocycles. The molecule has 44 heavy (non-hydrogen) atoms. The van der Waals surface area contributed by atoms with Gasteiger partial charge in [0, 0.05) is 92.2 Å². The smallest absolute Gasteiger partial charge is 0.261 e. The molecule has 0 radical (unpaired) electrons. The van der Waals surface area contributed by atoms with Crippen LogP contribution in [0.1, 0.15) is 16.1 Å². The van der Waals surface area contributed by atoms with Crippen LogP contribution in [0.4, 0.5) is 5.69 Å². The maximum absolute atomic E-state index is 13.1. The summed E-state index contributed by atoms with van der Waals surface area (Å²) in [5.74, 6) is 0.688. The van der Waals surface area contributed by atoms with Crippen LogP contribution in [0.3, 0.4) is 0 Å². The molecule has 7 rings (SSSR count). The summed E-state index contributed by atoms with van der Waals surface area (Å²) < 4.78 is 0. The zero-order valence-corrected chi connectivity index (χ0v) is 24.7. The zero-order valence-electron chi connectivity index (χ0n) is 23.9. The van der Waals surface area contributed by atoms with E-state index in [-0.39, 0.29) is 23.4 Å². The Morgan fingerprint density at radius 2 is 1.77 bits per heavy atom. The van der Waals surface area contributed by atoms with Crippen LogP contribution >= 0.6 is 11.3 Å². The fraction of sp³-hybridized carbons (Fsp3) is 0.290. The number of anilines is 1. The Labute approximate surface area is 256 Å². The van der Waals surface area contributed by atoms with E-state index in [2.05, 4.69) is 52.4 Å². The highest BCUT2D eigenvalue weighted by molar-refractivity contribution is 7.20. The number of amides is 2. The number of rotatable bonds is 7. The zero-order chi connectivity index (χ0) is 30.0. The molecule has 3 N–H and O–H groups in total. The first kappa shape index (κ1) is 27.9. The maximum Gasteiger partial charge on any atom is 0.261 e. The third kappa shape index (κ3) is 5.83. The van der Waals surface area contributed by atoms with E-state index in [9.17, 15) is 14.4 Å². The number of aromatic nitrogens is 5. The molecule has 2 amide bonds. The summed E-state index contributed by atoms with van der Waals surface area (Å²) in [6.45, 7) is 4.66. The van der Waals surface area contributed by atoms with Crippen LogP contribution in [0.15, 0.2) is 71.9 Å². The molecule has 2 aliphatic heterocycles. The minimum absolute atomic E-state index is 0.0258. The van der Waals surface area contributed by atoms with Crippen molar-refractivity contribution in [1.82, 2.24) is 40.3 Å². The second-order valence-electron chi connectivity index (χ2n) is 11.0. The Bertz CT molecular complexity index is 1840. The fourth-order valence-corrected chi connectivity index (χ4v) is 6.77. The molecule has 6 heterocycles. The van der Waals surface area contributed by atoms with Gasteiger partial charge in [-0.1, -0.05) is 0 Å². The van der Waals surface area contributed by atoms with Crippen molar-refractivity contribution in [2.45, 2.75) is 12.5 Å². The minimum Gasteiger partial charge on any atom is -0.368 e. The summed E-state index contributed by atoms with van der Waals surface area (Å²) in [5.41, 5.74) is 3.23. The maximum atomic E-state index is 13.1. The van der Waals surface area contributed by atoms with Gasteiger partial charge in [0.2, 0.25) is 11.5 Å². The number of H-pyrrole nitrogens is 2. The lowest BCUT2D eigenvalue weighted by Gasteiger charge is -2.36. The van der Waals surface area contributed by atoms with E-state index in [0.29, 0.717) is 48.1 Å². The highest BCUT2D eigenvalue weighted by Crippen LogP contribution is 2.32. The summed E-state index contributed by atoms with van der Waals surface area (Å²) in [4.78, 5) is 56.9. The van der Waals surface area contributed by atoms with Crippen molar-refractivity contribution in [3.05, 3.63) is 82.4 Å². The summed E-state index contributed by atoms with van der Waals surface area (Å²) >= 11 is 1.34. The number of aromatic amines is 2. The average Bonchev–Trinajstić information content (AvgIpc) is 3.78. The van der Waals surface area contributed by atoms with E-state index in [1.165, 1.54) is 17.4 Å². The molecule has 2 fully saturated rings. The summed E-state index contributed by atoms with van der Waals surface area (Å²) in [6, 6.07) is 15.1. The van der Waals surface area contributed by atoms with Crippen LogP contribution in [-0.2, 0) is 4.79 Å². The molecule has 12 nitrogen and oxygen atoms in total. The molecule has 0 spiro atoms. The van der Waals surface area contributed by atoms with E-state index >= 15 is 0 Å². The molecular formula is C31H31N9O3S. The number of fused-ring (bicyclic) bond motifs is 1. The molecule has 2 aliphatic rings. The number of benzene rings is 1. The van der Waals surface area contributed by atoms with Crippen molar-refractivity contribution in [3.8, 4) is 22.6 Å². The predicted octanol–water partition coefficient (Wildman–Crippen LogP) is 2.59. The standard InChI is InChI=1S/C31H31N9O3S/c41-26-16-21(6-10-32-26)28-24-17-25(44-31(24)37-36-28)30(43)35-22-7-11-38(18-22)19-27(42)40-14-12-39(13-15-40)23-4-2-20(3-5-23)29-33-8-1-9-34-29/h1-6,8-10,16-17,22H,7,11-15,18-19H2,(H,32,41)(H,35,43)(H,36,37). The second-order valence-corrected chi connectivity index (χ2v) is 12.1. The Morgan fingerprint density at radius 3 is 2.55 bits per heavy atom. The van der Waals surface area contributed by atoms with E-state index in [1.54, 1.807) is 30.7 Å². The van der Waals surface area contributed by atoms with Gasteiger partial charge in [-0.3, -0.25) is 24.4 Å². The molecule has 0 bridgehead atoms. The van der Waals surface area contributed by atoms with Gasteiger partial charge in [-0.2, -0.15) is 5.10 Å². The quantitative estimate of drug-likeness (QED) is 0.256. The third-order valence-corrected chi connectivity index (χ3v) is 9.22. The Hall–Kier alpha value is -4.88. The van der Waals surface area contributed by atoms with Crippen molar-refractivity contribution < 1.29 is 9.59 Å². The number of hydrogen-bond donors (Lipinski definition) is 3. The van der Waals surface area contributed by atoms with Gasteiger partial charge in [0.15, 0.2) is 5.82 Å². The number of carbonyl (C=O) groups is 2. The monoisotopic (exact) mass is 609 g/mol. The Balaban J connectivity index is 0.890. The molecule has 5 aromatic rings. The van der Waals surface area contributed by atoms with Gasteiger partial charge < -0.3 is 20.1 Å². The average molecular weight is 610 g/mol. The van der Waals surface area contributed by atoms with Gasteiger partial charge in [0.05, 0.1) is 11.4 Å². The number of hydrogen-bond acceptors (Lipinski definition) is 9. The molecule has 0 aliphatic carbocycles. The summed E-state index contributed by atoms with van der Waals surface area (Å²) in [5, 5.41) is 11.2. The first-order chi connectivity index (χ1) is 21.5. The van der Waals surface area contributed by atoms with Crippen LogP contribution in [0, 0.1) is 0 Å². The molecule has 1 atom stereocenters. The summed E-state index contributed by atoms with van der Waals surface area (Å²) in [7, 11) is 0. The fourth-order valence-electron chi connectivity index (χ4n) is 5.87. The predicted molar refractivity (Wildman–Crippen MR) is 169 cm³/mol. The summed E-state index contributed by atoms with van der Waals surface area (Å²) in [6.07, 6.45) is 5.85. The molecule has 0 saturated carbocycles. The van der Waals surface area contributed by atoms with Crippen LogP contribution in [0.5, 0.6) is 0 Å². The van der Waals surface area contributed by atoms with Crippen molar-refractivity contribution in [2.75, 3.05) is 50.7 Å². The van der Waals surface area contributed by atoms with Gasteiger partial charge in [-0.25, -0.2) is 9.97 Å². The number of pyridine rings is 1. The molecule has 1 aromatic carbocycles. The van der Waals surface area contributed by atoms with Crippen molar-refractivity contribution >= 4 is 39.1 Å². The van der Waals surface area contributed by atoms with Crippen molar-refractivity contribution in [3.63, 3.8) is 0 Å². The molecule has 224 valence electrons. The Morgan fingerprint density at radius 1 is 0.977 bits per heavy atom. The van der Waals surface area contributed by atoms with E-state index < -0.39 is 0 Å². The largest absolute Gasteiger partial charge is 0.368 e. The van der Waals surface area contributed by atoms with Crippen LogP contribution in [0.25, 0.3) is 32.9 Å². The molecular weight excluding hydrogens is 578 g/mol. The van der Waals surface area contributed by atoms with Crippen LogP contribution in [0.2, 0.25) is 0 Å². The Kier molecular flexibility index (Phi) is 7.62. The third-order valence-electron chi connectivity index (χ3n) is 8.18. The van der Waals surface area contributed by atoms with Crippen LogP contribution < -0.4 is 15.8 Å². The molecule has 13 heteroatoms. The van der Waals surface area contributed by atoms with E-state index in [1.807, 2.05) is 23.1 Å². The lowest BCUT2D eigenvalue weighted by molar-refractivity contribution is -0.132. The number of thiophene rings is 1. The van der Waals surface area contributed by atoms with Crippen molar-refractivity contribution in [2.24, 2.45) is 0 Å². The number of nitrogens with zero attached hydrogens (tertiary/aromatic N) is 6.